The number of nitrogens with one attached hydrogen (secondary N) is 1. The van der Waals surface area contributed by atoms with E-state index in [-0.39, 0.29) is 6.61 Å². The summed E-state index contributed by atoms with van der Waals surface area (Å²) in [5.41, 5.74) is 0. The van der Waals surface area contributed by atoms with Gasteiger partial charge in [-0.15, -0.1) is 0 Å². The lowest BCUT2D eigenvalue weighted by molar-refractivity contribution is -0.131. The van der Waals surface area contributed by atoms with Gasteiger partial charge in [0.05, 0.1) is 18.8 Å². The van der Waals surface area contributed by atoms with Crippen molar-refractivity contribution < 1.29 is 20.1 Å². The normalized spacial score (nSPS) is 13.3. The molecule has 0 saturated carbocycles. The first-order chi connectivity index (χ1) is 30.1. The lowest BCUT2D eigenvalue weighted by Gasteiger charge is -2.23. The summed E-state index contributed by atoms with van der Waals surface area (Å²) in [5, 5.41) is 33.5. The molecule has 0 aliphatic carbocycles. The van der Waals surface area contributed by atoms with Crippen molar-refractivity contribution in [3.05, 3.63) is 12.2 Å². The molecule has 1 amide bonds. The number of hydrogen-bond donors (Lipinski definition) is 4. The molecule has 0 rings (SSSR count). The number of hydrogen-bond acceptors (Lipinski definition) is 4. The Labute approximate surface area is 382 Å². The molecule has 3 atom stereocenters. The monoisotopic (exact) mass is 862 g/mol. The summed E-state index contributed by atoms with van der Waals surface area (Å²) < 4.78 is 0. The minimum Gasteiger partial charge on any atom is -0.394 e. The third kappa shape index (κ3) is 46.9. The van der Waals surface area contributed by atoms with Crippen molar-refractivity contribution in [2.75, 3.05) is 6.61 Å². The molecule has 0 saturated heterocycles. The Morgan fingerprint density at radius 1 is 0.377 bits per heavy atom. The minimum atomic E-state index is -1.08. The molecule has 5 heteroatoms. The van der Waals surface area contributed by atoms with Crippen molar-refractivity contribution in [2.45, 2.75) is 334 Å². The van der Waals surface area contributed by atoms with Crippen LogP contribution in [0.2, 0.25) is 0 Å². The third-order valence-electron chi connectivity index (χ3n) is 13.4. The summed E-state index contributed by atoms with van der Waals surface area (Å²) in [5.74, 6) is -0.469. The van der Waals surface area contributed by atoms with Crippen LogP contribution in [0.1, 0.15) is 316 Å². The quantitative estimate of drug-likeness (QED) is 0.0362. The second-order valence-electron chi connectivity index (χ2n) is 19.5. The van der Waals surface area contributed by atoms with E-state index in [1.165, 1.54) is 257 Å². The number of rotatable bonds is 52. The molecule has 0 aromatic rings. The number of carbonyl (C=O) groups excluding carboxylic acids is 1. The van der Waals surface area contributed by atoms with Crippen LogP contribution in [-0.2, 0) is 4.79 Å². The van der Waals surface area contributed by atoms with Crippen LogP contribution in [0.15, 0.2) is 12.2 Å². The van der Waals surface area contributed by atoms with Gasteiger partial charge in [-0.2, -0.15) is 0 Å². The van der Waals surface area contributed by atoms with Crippen molar-refractivity contribution in [3.8, 4) is 0 Å². The van der Waals surface area contributed by atoms with Gasteiger partial charge in [-0.25, -0.2) is 0 Å². The van der Waals surface area contributed by atoms with Crippen LogP contribution in [0.3, 0.4) is 0 Å². The van der Waals surface area contributed by atoms with Gasteiger partial charge >= 0.3 is 0 Å². The fourth-order valence-corrected chi connectivity index (χ4v) is 9.01. The van der Waals surface area contributed by atoms with Crippen LogP contribution in [0, 0.1) is 0 Å². The van der Waals surface area contributed by atoms with Crippen LogP contribution < -0.4 is 5.32 Å². The molecule has 3 unspecified atom stereocenters. The Balaban J connectivity index is 3.53. The van der Waals surface area contributed by atoms with E-state index in [9.17, 15) is 20.1 Å². The predicted molar refractivity (Wildman–Crippen MR) is 269 cm³/mol. The van der Waals surface area contributed by atoms with Crippen molar-refractivity contribution in [2.24, 2.45) is 0 Å². The van der Waals surface area contributed by atoms with Crippen LogP contribution in [0.5, 0.6) is 0 Å². The first-order valence-electron chi connectivity index (χ1n) is 28.0. The number of aliphatic hydroxyl groups excluding tert-OH is 3. The van der Waals surface area contributed by atoms with Crippen molar-refractivity contribution >= 4 is 5.91 Å². The molecule has 0 aliphatic rings. The van der Waals surface area contributed by atoms with Gasteiger partial charge in [0.25, 0.3) is 0 Å². The molecule has 0 spiro atoms. The van der Waals surface area contributed by atoms with Crippen molar-refractivity contribution in [1.82, 2.24) is 5.32 Å². The molecule has 0 aliphatic heterocycles. The second kappa shape index (κ2) is 51.7. The highest BCUT2D eigenvalue weighted by atomic mass is 16.3. The van der Waals surface area contributed by atoms with Gasteiger partial charge in [-0.1, -0.05) is 289 Å². The molecule has 0 bridgehead atoms. The highest BCUT2D eigenvalue weighted by Crippen LogP contribution is 2.18. The van der Waals surface area contributed by atoms with E-state index in [4.69, 9.17) is 0 Å². The van der Waals surface area contributed by atoms with Gasteiger partial charge in [0, 0.05) is 0 Å². The maximum Gasteiger partial charge on any atom is 0.249 e. The average molecular weight is 863 g/mol. The molecule has 0 fully saturated rings. The number of aliphatic hydroxyl groups is 3. The van der Waals surface area contributed by atoms with Gasteiger partial charge in [0.15, 0.2) is 0 Å². The fraction of sp³-hybridized carbons (Fsp3) is 0.946. The molecule has 4 N–H and O–H groups in total. The fourth-order valence-electron chi connectivity index (χ4n) is 9.01. The predicted octanol–water partition coefficient (Wildman–Crippen LogP) is 17.1. The van der Waals surface area contributed by atoms with Gasteiger partial charge in [0.2, 0.25) is 5.91 Å². The molecule has 0 heterocycles. The van der Waals surface area contributed by atoms with E-state index in [1.807, 2.05) is 0 Å². The maximum atomic E-state index is 12.6. The SMILES string of the molecule is CCCCCCCCCCCCCC/C=C\CCCCCCCCC(O)C(=O)NC(CO)C(O)CCCCCCCCCCCCCCCCCCCCCCCCCCC. The van der Waals surface area contributed by atoms with Crippen LogP contribution in [0.25, 0.3) is 0 Å². The molecule has 364 valence electrons. The largest absolute Gasteiger partial charge is 0.394 e. The maximum absolute atomic E-state index is 12.6. The lowest BCUT2D eigenvalue weighted by atomic mass is 10.0. The molecule has 5 nitrogen and oxygen atoms in total. The third-order valence-corrected chi connectivity index (χ3v) is 13.4. The topological polar surface area (TPSA) is 89.8 Å². The Morgan fingerprint density at radius 3 is 0.902 bits per heavy atom. The van der Waals surface area contributed by atoms with E-state index in [0.29, 0.717) is 12.8 Å². The second-order valence-corrected chi connectivity index (χ2v) is 19.5. The van der Waals surface area contributed by atoms with Gasteiger partial charge in [0.1, 0.15) is 6.10 Å². The van der Waals surface area contributed by atoms with Crippen LogP contribution >= 0.6 is 0 Å². The van der Waals surface area contributed by atoms with Crippen molar-refractivity contribution in [1.29, 1.82) is 0 Å². The van der Waals surface area contributed by atoms with Gasteiger partial charge in [-0.3, -0.25) is 4.79 Å². The zero-order chi connectivity index (χ0) is 44.4. The standard InChI is InChI=1S/C56H111NO4/c1-3-5-7-9-11-13-15-17-19-21-23-25-27-28-29-31-32-34-36-38-40-42-44-46-48-50-54(59)53(52-58)57-56(61)55(60)51-49-47-45-43-41-39-37-35-33-30-26-24-22-20-18-16-14-12-10-8-6-4-2/h33,35,53-55,58-60H,3-32,34,36-52H2,1-2H3,(H,57,61)/b35-33-. The lowest BCUT2D eigenvalue weighted by Crippen LogP contribution is -2.49. The van der Waals surface area contributed by atoms with Crippen molar-refractivity contribution in [3.63, 3.8) is 0 Å². The molecule has 0 radical (unpaired) electrons. The van der Waals surface area contributed by atoms with Gasteiger partial charge < -0.3 is 20.6 Å². The zero-order valence-corrected chi connectivity index (χ0v) is 41.6. The van der Waals surface area contributed by atoms with E-state index in [1.54, 1.807) is 0 Å². The Bertz CT molecular complexity index is 864. The summed E-state index contributed by atoms with van der Waals surface area (Å²) in [6, 6.07) is -0.713. The number of allylic oxidation sites excluding steroid dienone is 2. The zero-order valence-electron chi connectivity index (χ0n) is 41.6. The number of unbranched alkanes of at least 4 members (excludes halogenated alkanes) is 42. The Morgan fingerprint density at radius 2 is 0.623 bits per heavy atom. The average Bonchev–Trinajstić information content (AvgIpc) is 3.26. The molecule has 0 aromatic heterocycles. The highest BCUT2D eigenvalue weighted by Gasteiger charge is 2.23. The van der Waals surface area contributed by atoms with E-state index in [2.05, 4.69) is 31.3 Å². The molecule has 0 aromatic carbocycles. The summed E-state index contributed by atoms with van der Waals surface area (Å²) in [7, 11) is 0. The first-order valence-corrected chi connectivity index (χ1v) is 28.0. The Hall–Kier alpha value is -0.910. The highest BCUT2D eigenvalue weighted by molar-refractivity contribution is 5.80. The molecule has 61 heavy (non-hydrogen) atoms. The summed E-state index contributed by atoms with van der Waals surface area (Å²) in [4.78, 5) is 12.6. The summed E-state index contributed by atoms with van der Waals surface area (Å²) in [6.45, 7) is 4.27. The van der Waals surface area contributed by atoms with E-state index in [0.717, 1.165) is 32.1 Å². The minimum absolute atomic E-state index is 0.312. The van der Waals surface area contributed by atoms with Crippen LogP contribution in [-0.4, -0.2) is 46.1 Å². The van der Waals surface area contributed by atoms with E-state index >= 15 is 0 Å². The summed E-state index contributed by atoms with van der Waals surface area (Å²) in [6.07, 6.45) is 64.0. The number of amides is 1. The number of carbonyl (C=O) groups is 1. The smallest absolute Gasteiger partial charge is 0.249 e. The molecular formula is C56H111NO4. The first kappa shape index (κ1) is 60.1. The van der Waals surface area contributed by atoms with E-state index < -0.39 is 24.2 Å². The molecular weight excluding hydrogens is 751 g/mol. The Kier molecular flexibility index (Phi) is 51.0. The van der Waals surface area contributed by atoms with Crippen LogP contribution in [0.4, 0.5) is 0 Å². The summed E-state index contributed by atoms with van der Waals surface area (Å²) >= 11 is 0. The van der Waals surface area contributed by atoms with Gasteiger partial charge in [-0.05, 0) is 38.5 Å².